The molecule has 0 spiro atoms. The highest BCUT2D eigenvalue weighted by atomic mass is 16.3. The van der Waals surface area contributed by atoms with Gasteiger partial charge < -0.3 is 5.11 Å². The van der Waals surface area contributed by atoms with E-state index in [4.69, 9.17) is 0 Å². The fraction of sp³-hybridized carbons (Fsp3) is 0.500. The van der Waals surface area contributed by atoms with Gasteiger partial charge in [0.1, 0.15) is 5.75 Å². The second-order valence-corrected chi connectivity index (χ2v) is 8.63. The lowest BCUT2D eigenvalue weighted by Gasteiger charge is -2.21. The average molecular weight is 339 g/mol. The maximum absolute atomic E-state index is 9.68. The number of phenolic OH excluding ortho intramolecular Hbond substituents is 1. The predicted molar refractivity (Wildman–Crippen MR) is 109 cm³/mol. The Hall–Kier alpha value is -1.76. The van der Waals surface area contributed by atoms with Gasteiger partial charge in [-0.25, -0.2) is 0 Å². The fourth-order valence-electron chi connectivity index (χ4n) is 3.63. The molecule has 2 aromatic rings. The van der Waals surface area contributed by atoms with Gasteiger partial charge in [0.2, 0.25) is 0 Å². The summed E-state index contributed by atoms with van der Waals surface area (Å²) in [7, 11) is 0. The Kier molecular flexibility index (Phi) is 6.70. The lowest BCUT2D eigenvalue weighted by atomic mass is 9.84. The molecule has 0 saturated heterocycles. The molecule has 0 bridgehead atoms. The summed E-state index contributed by atoms with van der Waals surface area (Å²) in [6, 6.07) is 12.6. The van der Waals surface area contributed by atoms with Gasteiger partial charge in [-0.15, -0.1) is 0 Å². The van der Waals surface area contributed by atoms with E-state index in [0.717, 1.165) is 19.3 Å². The third-order valence-corrected chi connectivity index (χ3v) is 4.42. The highest BCUT2D eigenvalue weighted by Gasteiger charge is 2.16. The van der Waals surface area contributed by atoms with E-state index >= 15 is 0 Å². The van der Waals surface area contributed by atoms with Crippen LogP contribution >= 0.6 is 0 Å². The standard InChI is InChI=1S/C24H34O/c1-16(2)11-19-14-21(12-17(3)4)24(22(15-19)13-18(5)6)20-7-9-23(25)10-8-20/h7-10,14-18,25H,11-13H2,1-6H3. The molecule has 0 unspecified atom stereocenters. The van der Waals surface area contributed by atoms with Crippen LogP contribution in [0.25, 0.3) is 11.1 Å². The molecule has 0 atom stereocenters. The van der Waals surface area contributed by atoms with Crippen molar-refractivity contribution in [2.75, 3.05) is 0 Å². The van der Waals surface area contributed by atoms with E-state index in [9.17, 15) is 5.11 Å². The molecule has 0 fully saturated rings. The molecule has 2 aromatic carbocycles. The van der Waals surface area contributed by atoms with Crippen LogP contribution in [0.4, 0.5) is 0 Å². The molecule has 136 valence electrons. The van der Waals surface area contributed by atoms with E-state index in [2.05, 4.69) is 65.8 Å². The zero-order chi connectivity index (χ0) is 18.6. The Bertz CT molecular complexity index is 647. The first-order valence-corrected chi connectivity index (χ1v) is 9.70. The van der Waals surface area contributed by atoms with E-state index in [0.29, 0.717) is 23.5 Å². The zero-order valence-corrected chi connectivity index (χ0v) is 16.8. The van der Waals surface area contributed by atoms with Crippen LogP contribution in [0.1, 0.15) is 58.2 Å². The molecule has 0 aliphatic heterocycles. The number of aromatic hydroxyl groups is 1. The van der Waals surface area contributed by atoms with Crippen LogP contribution in [0.5, 0.6) is 5.75 Å². The lowest BCUT2D eigenvalue weighted by molar-refractivity contribution is 0.475. The minimum absolute atomic E-state index is 0.330. The summed E-state index contributed by atoms with van der Waals surface area (Å²) in [5.41, 5.74) is 6.97. The van der Waals surface area contributed by atoms with Crippen molar-refractivity contribution in [1.82, 2.24) is 0 Å². The van der Waals surface area contributed by atoms with Gasteiger partial charge in [0.25, 0.3) is 0 Å². The van der Waals surface area contributed by atoms with Gasteiger partial charge in [0.05, 0.1) is 0 Å². The van der Waals surface area contributed by atoms with Crippen molar-refractivity contribution in [2.45, 2.75) is 60.8 Å². The first-order chi connectivity index (χ1) is 11.8. The second kappa shape index (κ2) is 8.56. The third kappa shape index (κ3) is 5.63. The van der Waals surface area contributed by atoms with Crippen LogP contribution in [-0.4, -0.2) is 5.11 Å². The van der Waals surface area contributed by atoms with E-state index in [1.165, 1.54) is 27.8 Å². The van der Waals surface area contributed by atoms with Crippen molar-refractivity contribution in [3.8, 4) is 16.9 Å². The number of hydrogen-bond donors (Lipinski definition) is 1. The van der Waals surface area contributed by atoms with Gasteiger partial charge in [0.15, 0.2) is 0 Å². The van der Waals surface area contributed by atoms with Crippen LogP contribution < -0.4 is 0 Å². The smallest absolute Gasteiger partial charge is 0.115 e. The van der Waals surface area contributed by atoms with Crippen LogP contribution in [0.2, 0.25) is 0 Å². The van der Waals surface area contributed by atoms with E-state index in [1.54, 1.807) is 12.1 Å². The molecule has 0 aliphatic carbocycles. The van der Waals surface area contributed by atoms with Gasteiger partial charge in [0, 0.05) is 0 Å². The molecular weight excluding hydrogens is 304 g/mol. The van der Waals surface area contributed by atoms with Gasteiger partial charge in [-0.1, -0.05) is 65.8 Å². The van der Waals surface area contributed by atoms with Crippen molar-refractivity contribution < 1.29 is 5.11 Å². The summed E-state index contributed by atoms with van der Waals surface area (Å²) in [5.74, 6) is 2.24. The summed E-state index contributed by atoms with van der Waals surface area (Å²) < 4.78 is 0. The van der Waals surface area contributed by atoms with Gasteiger partial charge in [-0.05, 0) is 77.0 Å². The van der Waals surface area contributed by atoms with Gasteiger partial charge in [-0.3, -0.25) is 0 Å². The molecule has 0 amide bonds. The predicted octanol–water partition coefficient (Wildman–Crippen LogP) is 6.65. The largest absolute Gasteiger partial charge is 0.508 e. The molecule has 0 saturated carbocycles. The van der Waals surface area contributed by atoms with Crippen LogP contribution in [0.15, 0.2) is 36.4 Å². The minimum atomic E-state index is 0.330. The van der Waals surface area contributed by atoms with Crippen molar-refractivity contribution in [2.24, 2.45) is 17.8 Å². The van der Waals surface area contributed by atoms with Crippen LogP contribution in [-0.2, 0) is 19.3 Å². The van der Waals surface area contributed by atoms with Crippen molar-refractivity contribution in [3.63, 3.8) is 0 Å². The quantitative estimate of drug-likeness (QED) is 0.599. The number of hydrogen-bond acceptors (Lipinski definition) is 1. The Labute approximate surface area is 154 Å². The molecule has 0 aromatic heterocycles. The third-order valence-electron chi connectivity index (χ3n) is 4.42. The molecule has 1 N–H and O–H groups in total. The summed E-state index contributed by atoms with van der Waals surface area (Å²) in [4.78, 5) is 0. The molecule has 0 heterocycles. The van der Waals surface area contributed by atoms with E-state index < -0.39 is 0 Å². The molecule has 1 nitrogen and oxygen atoms in total. The minimum Gasteiger partial charge on any atom is -0.508 e. The number of phenols is 1. The van der Waals surface area contributed by atoms with Crippen LogP contribution in [0, 0.1) is 17.8 Å². The summed E-state index contributed by atoms with van der Waals surface area (Å²) in [5, 5.41) is 9.68. The maximum atomic E-state index is 9.68. The zero-order valence-electron chi connectivity index (χ0n) is 16.8. The Morgan fingerprint density at radius 2 is 1.12 bits per heavy atom. The maximum Gasteiger partial charge on any atom is 0.115 e. The monoisotopic (exact) mass is 338 g/mol. The van der Waals surface area contributed by atoms with E-state index in [-0.39, 0.29) is 0 Å². The van der Waals surface area contributed by atoms with Crippen molar-refractivity contribution in [1.29, 1.82) is 0 Å². The fourth-order valence-corrected chi connectivity index (χ4v) is 3.63. The number of rotatable bonds is 7. The Balaban J connectivity index is 2.63. The molecule has 2 rings (SSSR count). The van der Waals surface area contributed by atoms with Gasteiger partial charge in [-0.2, -0.15) is 0 Å². The second-order valence-electron chi connectivity index (χ2n) is 8.63. The summed E-state index contributed by atoms with van der Waals surface area (Å²) in [6.07, 6.45) is 3.31. The molecule has 0 aliphatic rings. The van der Waals surface area contributed by atoms with Crippen molar-refractivity contribution >= 4 is 0 Å². The molecule has 25 heavy (non-hydrogen) atoms. The Morgan fingerprint density at radius 3 is 1.52 bits per heavy atom. The average Bonchev–Trinajstić information content (AvgIpc) is 2.46. The molecule has 1 heteroatoms. The van der Waals surface area contributed by atoms with Crippen LogP contribution in [0.3, 0.4) is 0 Å². The summed E-state index contributed by atoms with van der Waals surface area (Å²) >= 11 is 0. The highest BCUT2D eigenvalue weighted by molar-refractivity contribution is 5.72. The summed E-state index contributed by atoms with van der Waals surface area (Å²) in [6.45, 7) is 13.7. The topological polar surface area (TPSA) is 20.2 Å². The lowest BCUT2D eigenvalue weighted by Crippen LogP contribution is -2.06. The van der Waals surface area contributed by atoms with E-state index in [1.807, 2.05) is 0 Å². The molecular formula is C24H34O. The number of benzene rings is 2. The first-order valence-electron chi connectivity index (χ1n) is 9.70. The SMILES string of the molecule is CC(C)Cc1cc(CC(C)C)c(-c2ccc(O)cc2)c(CC(C)C)c1. The Morgan fingerprint density at radius 1 is 0.680 bits per heavy atom. The normalized spacial score (nSPS) is 11.7. The van der Waals surface area contributed by atoms with Crippen molar-refractivity contribution in [3.05, 3.63) is 53.1 Å². The van der Waals surface area contributed by atoms with Gasteiger partial charge >= 0.3 is 0 Å². The first kappa shape index (κ1) is 19.6. The molecule has 0 radical (unpaired) electrons. The highest BCUT2D eigenvalue weighted by Crippen LogP contribution is 2.34.